The lowest BCUT2D eigenvalue weighted by molar-refractivity contribution is -0.133. The summed E-state index contributed by atoms with van der Waals surface area (Å²) in [6, 6.07) is 13.3. The van der Waals surface area contributed by atoms with Gasteiger partial charge in [0.25, 0.3) is 0 Å². The van der Waals surface area contributed by atoms with Crippen molar-refractivity contribution in [3.63, 3.8) is 0 Å². The molecule has 0 aliphatic heterocycles. The van der Waals surface area contributed by atoms with E-state index in [9.17, 15) is 9.90 Å². The number of aromatic nitrogens is 1. The molecule has 196 valence electrons. The topological polar surface area (TPSA) is 50.2 Å². The van der Waals surface area contributed by atoms with Gasteiger partial charge >= 0.3 is 5.97 Å². The summed E-state index contributed by atoms with van der Waals surface area (Å²) in [5.41, 5.74) is 5.56. The van der Waals surface area contributed by atoms with Crippen LogP contribution in [0.1, 0.15) is 121 Å². The summed E-state index contributed by atoms with van der Waals surface area (Å²) >= 11 is 0. The molecule has 0 atom stereocenters. The Labute approximate surface area is 219 Å². The van der Waals surface area contributed by atoms with Crippen LogP contribution in [-0.2, 0) is 11.2 Å². The van der Waals surface area contributed by atoms with Gasteiger partial charge in [-0.2, -0.15) is 0 Å². The number of hydrogen-bond acceptors (Lipinski definition) is 2. The molecule has 2 aromatic rings. The number of pyridine rings is 1. The largest absolute Gasteiger partial charge is 0.478 e. The maximum absolute atomic E-state index is 11.9. The predicted octanol–water partition coefficient (Wildman–Crippen LogP) is 9.52. The molecule has 1 saturated carbocycles. The van der Waals surface area contributed by atoms with Gasteiger partial charge in [-0.05, 0) is 80.4 Å². The normalized spacial score (nSPS) is 18.3. The Bertz CT molecular complexity index is 921. The van der Waals surface area contributed by atoms with Crippen LogP contribution >= 0.6 is 0 Å². The highest BCUT2D eigenvalue weighted by atomic mass is 16.4. The molecular weight excluding hydrogens is 442 g/mol. The summed E-state index contributed by atoms with van der Waals surface area (Å²) in [6.45, 7) is 4.47. The van der Waals surface area contributed by atoms with Crippen LogP contribution in [0.5, 0.6) is 0 Å². The van der Waals surface area contributed by atoms with Crippen molar-refractivity contribution in [2.45, 2.75) is 116 Å². The Kier molecular flexibility index (Phi) is 12.2. The number of rotatable bonds is 15. The summed E-state index contributed by atoms with van der Waals surface area (Å²) < 4.78 is 0. The molecule has 1 aromatic heterocycles. The van der Waals surface area contributed by atoms with Crippen molar-refractivity contribution in [2.24, 2.45) is 5.92 Å². The molecule has 3 rings (SSSR count). The number of benzene rings is 1. The molecule has 0 unspecified atom stereocenters. The lowest BCUT2D eigenvalue weighted by atomic mass is 9.75. The van der Waals surface area contributed by atoms with E-state index in [-0.39, 0.29) is 5.92 Å². The van der Waals surface area contributed by atoms with Gasteiger partial charge in [0.05, 0.1) is 5.69 Å². The molecule has 0 amide bonds. The summed E-state index contributed by atoms with van der Waals surface area (Å²) in [7, 11) is 0. The summed E-state index contributed by atoms with van der Waals surface area (Å²) in [5, 5.41) is 9.82. The smallest absolute Gasteiger partial charge is 0.331 e. The minimum absolute atomic E-state index is 0.207. The Morgan fingerprint density at radius 1 is 0.861 bits per heavy atom. The van der Waals surface area contributed by atoms with E-state index in [1.54, 1.807) is 0 Å². The van der Waals surface area contributed by atoms with Crippen LogP contribution in [-0.4, -0.2) is 16.1 Å². The molecule has 3 nitrogen and oxygen atoms in total. The van der Waals surface area contributed by atoms with E-state index in [0.717, 1.165) is 50.6 Å². The van der Waals surface area contributed by atoms with Gasteiger partial charge in [0.1, 0.15) is 0 Å². The average molecular weight is 490 g/mol. The van der Waals surface area contributed by atoms with Gasteiger partial charge in [0.2, 0.25) is 0 Å². The van der Waals surface area contributed by atoms with Crippen molar-refractivity contribution in [3.05, 3.63) is 65.4 Å². The molecule has 0 radical (unpaired) electrons. The lowest BCUT2D eigenvalue weighted by Crippen LogP contribution is -2.19. The van der Waals surface area contributed by atoms with Gasteiger partial charge in [-0.15, -0.1) is 0 Å². The molecule has 1 heterocycles. The number of unbranched alkanes of at least 4 members (excludes halogenated alkanes) is 8. The third-order valence-corrected chi connectivity index (χ3v) is 7.91. The molecule has 1 aliphatic rings. The van der Waals surface area contributed by atoms with Gasteiger partial charge in [0, 0.05) is 17.3 Å². The van der Waals surface area contributed by atoms with Crippen molar-refractivity contribution in [2.75, 3.05) is 0 Å². The highest BCUT2D eigenvalue weighted by Gasteiger charge is 2.27. The van der Waals surface area contributed by atoms with E-state index >= 15 is 0 Å². The van der Waals surface area contributed by atoms with E-state index in [4.69, 9.17) is 4.98 Å². The number of hydrogen-bond donors (Lipinski definition) is 1. The van der Waals surface area contributed by atoms with Crippen molar-refractivity contribution in [3.8, 4) is 11.3 Å². The number of nitrogens with zero attached hydrogens (tertiary/aromatic N) is 1. The van der Waals surface area contributed by atoms with E-state index in [1.807, 2.05) is 12.3 Å². The second-order valence-electron chi connectivity index (χ2n) is 10.7. The Balaban J connectivity index is 1.49. The second-order valence-corrected chi connectivity index (χ2v) is 10.7. The molecule has 0 spiro atoms. The van der Waals surface area contributed by atoms with Crippen LogP contribution in [0.25, 0.3) is 11.3 Å². The first-order valence-electron chi connectivity index (χ1n) is 14.6. The monoisotopic (exact) mass is 489 g/mol. The summed E-state index contributed by atoms with van der Waals surface area (Å²) in [4.78, 5) is 16.6. The molecule has 1 aromatic carbocycles. The minimum atomic E-state index is -0.710. The molecule has 0 saturated heterocycles. The molecule has 1 fully saturated rings. The fourth-order valence-electron chi connectivity index (χ4n) is 5.60. The number of aliphatic carboxylic acids is 1. The Hall–Kier alpha value is -2.42. The number of carbonyl (C=O) groups is 1. The third-order valence-electron chi connectivity index (χ3n) is 7.91. The van der Waals surface area contributed by atoms with E-state index in [0.29, 0.717) is 11.5 Å². The number of carboxylic acid groups (broad SMARTS) is 1. The molecule has 1 aliphatic carbocycles. The van der Waals surface area contributed by atoms with Gasteiger partial charge in [-0.25, -0.2) is 4.79 Å². The Morgan fingerprint density at radius 3 is 2.17 bits per heavy atom. The van der Waals surface area contributed by atoms with Gasteiger partial charge in [-0.3, -0.25) is 4.98 Å². The van der Waals surface area contributed by atoms with Gasteiger partial charge < -0.3 is 5.11 Å². The van der Waals surface area contributed by atoms with Crippen LogP contribution in [0, 0.1) is 5.92 Å². The molecule has 36 heavy (non-hydrogen) atoms. The highest BCUT2D eigenvalue weighted by Crippen LogP contribution is 2.39. The Morgan fingerprint density at radius 2 is 1.53 bits per heavy atom. The maximum Gasteiger partial charge on any atom is 0.331 e. The van der Waals surface area contributed by atoms with Crippen LogP contribution in [0.3, 0.4) is 0 Å². The van der Waals surface area contributed by atoms with E-state index < -0.39 is 5.97 Å². The zero-order chi connectivity index (χ0) is 25.6. The SMILES string of the molecule is CCCCCCCCC=C(C(=O)O)C1CCC(c2ccc(-c3ccc(CCCCC)cn3)cc2)CC1. The fraction of sp³-hybridized carbons (Fsp3) is 0.576. The minimum Gasteiger partial charge on any atom is -0.478 e. The first-order chi connectivity index (χ1) is 17.6. The third kappa shape index (κ3) is 8.91. The zero-order valence-electron chi connectivity index (χ0n) is 22.7. The van der Waals surface area contributed by atoms with Crippen molar-refractivity contribution in [1.82, 2.24) is 4.98 Å². The van der Waals surface area contributed by atoms with Crippen molar-refractivity contribution < 1.29 is 9.90 Å². The first kappa shape index (κ1) is 28.2. The van der Waals surface area contributed by atoms with Crippen molar-refractivity contribution in [1.29, 1.82) is 0 Å². The van der Waals surface area contributed by atoms with Crippen molar-refractivity contribution >= 4 is 5.97 Å². The number of carboxylic acids is 1. The van der Waals surface area contributed by atoms with Crippen LogP contribution in [0.2, 0.25) is 0 Å². The lowest BCUT2D eigenvalue weighted by Gasteiger charge is -2.29. The van der Waals surface area contributed by atoms with Gasteiger partial charge in [0.15, 0.2) is 0 Å². The molecule has 0 bridgehead atoms. The quantitative estimate of drug-likeness (QED) is 0.200. The van der Waals surface area contributed by atoms with E-state index in [2.05, 4.69) is 50.2 Å². The molecule has 1 N–H and O–H groups in total. The van der Waals surface area contributed by atoms with Gasteiger partial charge in [-0.1, -0.05) is 95.2 Å². The number of aryl methyl sites for hydroxylation is 1. The first-order valence-corrected chi connectivity index (χ1v) is 14.6. The summed E-state index contributed by atoms with van der Waals surface area (Å²) in [5.74, 6) is 0.0219. The van der Waals surface area contributed by atoms with Crippen LogP contribution < -0.4 is 0 Å². The highest BCUT2D eigenvalue weighted by molar-refractivity contribution is 5.87. The number of allylic oxidation sites excluding steroid dienone is 1. The maximum atomic E-state index is 11.9. The predicted molar refractivity (Wildman–Crippen MR) is 151 cm³/mol. The zero-order valence-corrected chi connectivity index (χ0v) is 22.7. The molecule has 3 heteroatoms. The summed E-state index contributed by atoms with van der Waals surface area (Å²) in [6.07, 6.45) is 21.4. The van der Waals surface area contributed by atoms with Crippen LogP contribution in [0.15, 0.2) is 54.2 Å². The fourth-order valence-corrected chi connectivity index (χ4v) is 5.60. The molecular formula is C33H47NO2. The second kappa shape index (κ2) is 15.6. The van der Waals surface area contributed by atoms with E-state index in [1.165, 1.54) is 68.1 Å². The standard InChI is InChI=1S/C33H47NO2/c1-3-5-7-8-9-10-12-14-31(33(35)36)29-20-16-27(17-21-29)28-18-22-30(23-19-28)32-24-15-26(25-34-32)13-11-6-4-2/h14-15,18-19,22-25,27,29H,3-13,16-17,20-21H2,1-2H3,(H,35,36). The average Bonchev–Trinajstić information content (AvgIpc) is 2.91. The van der Waals surface area contributed by atoms with Crippen LogP contribution in [0.4, 0.5) is 0 Å².